The molecule has 0 fully saturated rings. The monoisotopic (exact) mass is 310 g/mol. The molecule has 0 unspecified atom stereocenters. The molecule has 2 aromatic rings. The number of rotatable bonds is 7. The van der Waals surface area contributed by atoms with Crippen molar-refractivity contribution in [1.82, 2.24) is 0 Å². The fourth-order valence-corrected chi connectivity index (χ4v) is 2.60. The maximum Gasteiger partial charge on any atom is 0.162 e. The molecule has 2 heteroatoms. The van der Waals surface area contributed by atoms with E-state index in [2.05, 4.69) is 39.0 Å². The highest BCUT2D eigenvalue weighted by molar-refractivity contribution is 5.95. The standard InChI is InChI=1S/C21H26O2/c1-5-20(22)18-9-7-17(8-10-18)14-23-21-11-6-16(4)13-19(21)12-15(2)3/h6-11,13,15H,5,12,14H2,1-4H3. The summed E-state index contributed by atoms with van der Waals surface area (Å²) in [6, 6.07) is 14.1. The highest BCUT2D eigenvalue weighted by atomic mass is 16.5. The Bertz CT molecular complexity index is 654. The van der Waals surface area contributed by atoms with Crippen LogP contribution in [0.25, 0.3) is 0 Å². The topological polar surface area (TPSA) is 26.3 Å². The summed E-state index contributed by atoms with van der Waals surface area (Å²) in [5, 5.41) is 0. The third kappa shape index (κ3) is 4.95. The first-order chi connectivity index (χ1) is 11.0. The Hall–Kier alpha value is -2.09. The van der Waals surface area contributed by atoms with Crippen LogP contribution in [0.15, 0.2) is 42.5 Å². The normalized spacial score (nSPS) is 10.8. The molecule has 0 aliphatic rings. The summed E-state index contributed by atoms with van der Waals surface area (Å²) < 4.78 is 6.02. The van der Waals surface area contributed by atoms with E-state index in [-0.39, 0.29) is 5.78 Å². The Balaban J connectivity index is 2.07. The van der Waals surface area contributed by atoms with E-state index >= 15 is 0 Å². The first-order valence-electron chi connectivity index (χ1n) is 8.34. The molecule has 0 aromatic heterocycles. The molecular weight excluding hydrogens is 284 g/mol. The van der Waals surface area contributed by atoms with Gasteiger partial charge in [-0.25, -0.2) is 0 Å². The van der Waals surface area contributed by atoms with Gasteiger partial charge < -0.3 is 4.74 Å². The van der Waals surface area contributed by atoms with E-state index in [0.29, 0.717) is 18.9 Å². The lowest BCUT2D eigenvalue weighted by Gasteiger charge is -2.14. The van der Waals surface area contributed by atoms with Gasteiger partial charge in [-0.3, -0.25) is 4.79 Å². The van der Waals surface area contributed by atoms with Crippen LogP contribution in [0.4, 0.5) is 0 Å². The molecule has 2 nitrogen and oxygen atoms in total. The van der Waals surface area contributed by atoms with E-state index in [9.17, 15) is 4.79 Å². The van der Waals surface area contributed by atoms with Crippen LogP contribution < -0.4 is 4.74 Å². The van der Waals surface area contributed by atoms with E-state index in [0.717, 1.165) is 23.3 Å². The number of carbonyl (C=O) groups excluding carboxylic acids is 1. The molecule has 0 aliphatic heterocycles. The van der Waals surface area contributed by atoms with Crippen molar-refractivity contribution >= 4 is 5.78 Å². The maximum absolute atomic E-state index is 11.7. The fourth-order valence-electron chi connectivity index (χ4n) is 2.60. The van der Waals surface area contributed by atoms with Crippen molar-refractivity contribution in [3.8, 4) is 5.75 Å². The molecule has 0 aliphatic carbocycles. The summed E-state index contributed by atoms with van der Waals surface area (Å²) in [5.74, 6) is 1.73. The van der Waals surface area contributed by atoms with Crippen LogP contribution in [0.2, 0.25) is 0 Å². The van der Waals surface area contributed by atoms with Crippen LogP contribution in [0.1, 0.15) is 54.2 Å². The number of hydrogen-bond acceptors (Lipinski definition) is 2. The zero-order valence-corrected chi connectivity index (χ0v) is 14.6. The third-order valence-electron chi connectivity index (χ3n) is 3.84. The third-order valence-corrected chi connectivity index (χ3v) is 3.84. The molecule has 0 spiro atoms. The number of carbonyl (C=O) groups is 1. The van der Waals surface area contributed by atoms with E-state index in [4.69, 9.17) is 4.74 Å². The van der Waals surface area contributed by atoms with Crippen LogP contribution in [0.5, 0.6) is 5.75 Å². The second-order valence-electron chi connectivity index (χ2n) is 6.47. The van der Waals surface area contributed by atoms with Crippen molar-refractivity contribution in [2.75, 3.05) is 0 Å². The number of aryl methyl sites for hydroxylation is 1. The molecule has 0 heterocycles. The Morgan fingerprint density at radius 3 is 2.39 bits per heavy atom. The molecule has 23 heavy (non-hydrogen) atoms. The number of Topliss-reactive ketones (excluding diaryl/α,β-unsaturated/α-hetero) is 1. The lowest BCUT2D eigenvalue weighted by molar-refractivity contribution is 0.0988. The molecule has 0 saturated heterocycles. The van der Waals surface area contributed by atoms with Gasteiger partial charge in [-0.15, -0.1) is 0 Å². The van der Waals surface area contributed by atoms with E-state index in [1.165, 1.54) is 11.1 Å². The van der Waals surface area contributed by atoms with Crippen LogP contribution in [0, 0.1) is 12.8 Å². The van der Waals surface area contributed by atoms with E-state index < -0.39 is 0 Å². The number of benzene rings is 2. The summed E-state index contributed by atoms with van der Waals surface area (Å²) in [5.41, 5.74) is 4.37. The van der Waals surface area contributed by atoms with Crippen LogP contribution in [-0.4, -0.2) is 5.78 Å². The van der Waals surface area contributed by atoms with Gasteiger partial charge in [0.05, 0.1) is 0 Å². The van der Waals surface area contributed by atoms with Gasteiger partial charge in [-0.2, -0.15) is 0 Å². The van der Waals surface area contributed by atoms with Crippen LogP contribution in [-0.2, 0) is 13.0 Å². The van der Waals surface area contributed by atoms with Crippen molar-refractivity contribution in [3.63, 3.8) is 0 Å². The minimum atomic E-state index is 0.176. The second kappa shape index (κ2) is 7.96. The number of hydrogen-bond donors (Lipinski definition) is 0. The zero-order chi connectivity index (χ0) is 16.8. The lowest BCUT2D eigenvalue weighted by atomic mass is 10.0. The Morgan fingerprint density at radius 2 is 1.78 bits per heavy atom. The second-order valence-corrected chi connectivity index (χ2v) is 6.47. The van der Waals surface area contributed by atoms with Gasteiger partial charge in [0.2, 0.25) is 0 Å². The summed E-state index contributed by atoms with van der Waals surface area (Å²) in [4.78, 5) is 11.7. The van der Waals surface area contributed by atoms with Gasteiger partial charge in [0, 0.05) is 12.0 Å². The fraction of sp³-hybridized carbons (Fsp3) is 0.381. The summed E-state index contributed by atoms with van der Waals surface area (Å²) >= 11 is 0. The predicted octanol–water partition coefficient (Wildman–Crippen LogP) is 5.37. The molecular formula is C21H26O2. The van der Waals surface area contributed by atoms with Gasteiger partial charge in [0.25, 0.3) is 0 Å². The first-order valence-corrected chi connectivity index (χ1v) is 8.34. The van der Waals surface area contributed by atoms with Crippen molar-refractivity contribution in [2.24, 2.45) is 5.92 Å². The van der Waals surface area contributed by atoms with Crippen LogP contribution >= 0.6 is 0 Å². The van der Waals surface area contributed by atoms with Gasteiger partial charge in [-0.1, -0.05) is 62.7 Å². The van der Waals surface area contributed by atoms with E-state index in [1.54, 1.807) is 0 Å². The molecule has 0 atom stereocenters. The van der Waals surface area contributed by atoms with Gasteiger partial charge in [0.15, 0.2) is 5.78 Å². The van der Waals surface area contributed by atoms with Crippen molar-refractivity contribution in [2.45, 2.75) is 47.1 Å². The maximum atomic E-state index is 11.7. The number of ether oxygens (including phenoxy) is 1. The Morgan fingerprint density at radius 1 is 1.09 bits per heavy atom. The minimum Gasteiger partial charge on any atom is -0.489 e. The van der Waals surface area contributed by atoms with Crippen molar-refractivity contribution in [1.29, 1.82) is 0 Å². The molecule has 0 N–H and O–H groups in total. The molecule has 0 saturated carbocycles. The summed E-state index contributed by atoms with van der Waals surface area (Å²) in [7, 11) is 0. The SMILES string of the molecule is CCC(=O)c1ccc(COc2ccc(C)cc2CC(C)C)cc1. The largest absolute Gasteiger partial charge is 0.489 e. The zero-order valence-electron chi connectivity index (χ0n) is 14.6. The molecule has 2 rings (SSSR count). The molecule has 122 valence electrons. The Kier molecular flexibility index (Phi) is 5.97. The van der Waals surface area contributed by atoms with Crippen LogP contribution in [0.3, 0.4) is 0 Å². The lowest BCUT2D eigenvalue weighted by Crippen LogP contribution is -2.02. The quantitative estimate of drug-likeness (QED) is 0.643. The average Bonchev–Trinajstić information content (AvgIpc) is 2.53. The highest BCUT2D eigenvalue weighted by Crippen LogP contribution is 2.24. The molecule has 0 amide bonds. The van der Waals surface area contributed by atoms with Crippen molar-refractivity contribution < 1.29 is 9.53 Å². The predicted molar refractivity (Wildman–Crippen MR) is 95.1 cm³/mol. The molecule has 2 aromatic carbocycles. The highest BCUT2D eigenvalue weighted by Gasteiger charge is 2.08. The molecule has 0 bridgehead atoms. The number of ketones is 1. The minimum absolute atomic E-state index is 0.176. The molecule has 0 radical (unpaired) electrons. The van der Waals surface area contributed by atoms with Gasteiger partial charge in [0.1, 0.15) is 12.4 Å². The Labute approximate surface area is 139 Å². The average molecular weight is 310 g/mol. The van der Waals surface area contributed by atoms with E-state index in [1.807, 2.05) is 31.2 Å². The smallest absolute Gasteiger partial charge is 0.162 e. The van der Waals surface area contributed by atoms with Gasteiger partial charge in [-0.05, 0) is 36.5 Å². The summed E-state index contributed by atoms with van der Waals surface area (Å²) in [6.07, 6.45) is 1.55. The first kappa shape index (κ1) is 17.3. The van der Waals surface area contributed by atoms with Crippen molar-refractivity contribution in [3.05, 3.63) is 64.7 Å². The van der Waals surface area contributed by atoms with Gasteiger partial charge >= 0.3 is 0 Å². The summed E-state index contributed by atoms with van der Waals surface area (Å²) in [6.45, 7) is 8.95.